The fourth-order valence-corrected chi connectivity index (χ4v) is 2.66. The quantitative estimate of drug-likeness (QED) is 0.784. The van der Waals surface area contributed by atoms with Crippen molar-refractivity contribution in [1.82, 2.24) is 14.8 Å². The van der Waals surface area contributed by atoms with E-state index < -0.39 is 24.1 Å². The average Bonchev–Trinajstić information content (AvgIpc) is 2.99. The van der Waals surface area contributed by atoms with Crippen LogP contribution in [0.2, 0.25) is 0 Å². The second kappa shape index (κ2) is 6.61. The summed E-state index contributed by atoms with van der Waals surface area (Å²) in [6.45, 7) is 0.376. The minimum absolute atomic E-state index is 0.130. The predicted octanol–water partition coefficient (Wildman–Crippen LogP) is 2.13. The third-order valence-electron chi connectivity index (χ3n) is 3.81. The number of halogens is 3. The molecule has 2 aromatic rings. The molecule has 0 atom stereocenters. The zero-order valence-corrected chi connectivity index (χ0v) is 13.1. The van der Waals surface area contributed by atoms with Crippen LogP contribution in [0.5, 0.6) is 0 Å². The lowest BCUT2D eigenvalue weighted by atomic mass is 10.0. The molecule has 1 aliphatic rings. The number of rotatable bonds is 4. The van der Waals surface area contributed by atoms with Crippen LogP contribution in [-0.2, 0) is 13.0 Å². The third-order valence-corrected chi connectivity index (χ3v) is 3.81. The number of fused-ring (bicyclic) bond motifs is 1. The van der Waals surface area contributed by atoms with E-state index in [-0.39, 0.29) is 17.9 Å². The van der Waals surface area contributed by atoms with Crippen molar-refractivity contribution in [2.75, 3.05) is 17.2 Å². The number of carbonyl (C=O) groups excluding carboxylic acids is 1. The first-order valence-corrected chi connectivity index (χ1v) is 7.73. The van der Waals surface area contributed by atoms with Crippen LogP contribution >= 0.6 is 0 Å². The molecule has 0 radical (unpaired) electrons. The van der Waals surface area contributed by atoms with Gasteiger partial charge in [0.25, 0.3) is 5.91 Å². The molecule has 0 aromatic carbocycles. The molecule has 3 heterocycles. The van der Waals surface area contributed by atoms with Crippen LogP contribution < -0.4 is 16.2 Å². The molecular formula is C15H16F3N5O2. The van der Waals surface area contributed by atoms with Crippen molar-refractivity contribution in [3.05, 3.63) is 39.8 Å². The van der Waals surface area contributed by atoms with Gasteiger partial charge in [0.2, 0.25) is 5.56 Å². The molecule has 3 N–H and O–H groups in total. The first-order chi connectivity index (χ1) is 11.8. The molecule has 10 heteroatoms. The molecule has 1 amide bonds. The summed E-state index contributed by atoms with van der Waals surface area (Å²) in [5, 5.41) is 9.45. The Kier molecular flexibility index (Phi) is 4.51. The normalized spacial score (nSPS) is 13.9. The predicted molar refractivity (Wildman–Crippen MR) is 84.7 cm³/mol. The number of nitrogens with zero attached hydrogens (tertiary/aromatic N) is 2. The third kappa shape index (κ3) is 4.20. The highest BCUT2D eigenvalue weighted by atomic mass is 19.4. The summed E-state index contributed by atoms with van der Waals surface area (Å²) in [7, 11) is 0. The van der Waals surface area contributed by atoms with Gasteiger partial charge in [-0.05, 0) is 12.8 Å². The van der Waals surface area contributed by atoms with E-state index in [1.807, 2.05) is 0 Å². The molecule has 0 saturated carbocycles. The lowest BCUT2D eigenvalue weighted by molar-refractivity contribution is -0.137. The Labute approximate surface area is 140 Å². The molecule has 0 bridgehead atoms. The fourth-order valence-electron chi connectivity index (χ4n) is 2.66. The number of aromatic amines is 1. The Balaban J connectivity index is 1.74. The van der Waals surface area contributed by atoms with Gasteiger partial charge in [-0.25, -0.2) is 0 Å². The van der Waals surface area contributed by atoms with E-state index in [2.05, 4.69) is 20.7 Å². The molecule has 3 rings (SSSR count). The van der Waals surface area contributed by atoms with Crippen LogP contribution in [0, 0.1) is 0 Å². The van der Waals surface area contributed by atoms with Crippen LogP contribution in [0.3, 0.4) is 0 Å². The van der Waals surface area contributed by atoms with E-state index in [1.54, 1.807) is 0 Å². The highest BCUT2D eigenvalue weighted by Crippen LogP contribution is 2.23. The maximum Gasteiger partial charge on any atom is 0.390 e. The van der Waals surface area contributed by atoms with Crippen molar-refractivity contribution >= 4 is 17.5 Å². The molecule has 2 aromatic heterocycles. The standard InChI is InChI=1S/C15H16F3N5O2/c16-15(17,18)4-7-23-6-3-11(22-23)20-14(25)10-8-12(24)21-13-9(10)2-1-5-19-13/h3,6,8H,1-2,4-5,7H2,(H2,19,21,24)(H,20,22,25). The Bertz CT molecular complexity index is 840. The highest BCUT2D eigenvalue weighted by Gasteiger charge is 2.27. The second-order valence-corrected chi connectivity index (χ2v) is 5.71. The number of amides is 1. The number of hydrogen-bond donors (Lipinski definition) is 3. The van der Waals surface area contributed by atoms with E-state index >= 15 is 0 Å². The Morgan fingerprint density at radius 1 is 1.40 bits per heavy atom. The Hall–Kier alpha value is -2.78. The zero-order chi connectivity index (χ0) is 18.0. The van der Waals surface area contributed by atoms with Gasteiger partial charge >= 0.3 is 6.18 Å². The van der Waals surface area contributed by atoms with Gasteiger partial charge in [0.05, 0.1) is 12.0 Å². The van der Waals surface area contributed by atoms with Gasteiger partial charge < -0.3 is 15.6 Å². The summed E-state index contributed by atoms with van der Waals surface area (Å²) < 4.78 is 37.8. The number of aryl methyl sites for hydroxylation is 1. The lowest BCUT2D eigenvalue weighted by Crippen LogP contribution is -2.24. The maximum absolute atomic E-state index is 12.4. The molecule has 7 nitrogen and oxygen atoms in total. The first-order valence-electron chi connectivity index (χ1n) is 7.73. The van der Waals surface area contributed by atoms with E-state index in [1.165, 1.54) is 18.3 Å². The van der Waals surface area contributed by atoms with Crippen molar-refractivity contribution in [3.63, 3.8) is 0 Å². The minimum atomic E-state index is -4.27. The number of aromatic nitrogens is 3. The van der Waals surface area contributed by atoms with Crippen LogP contribution in [0.15, 0.2) is 23.1 Å². The molecule has 0 unspecified atom stereocenters. The summed E-state index contributed by atoms with van der Waals surface area (Å²) in [6, 6.07) is 2.62. The number of alkyl halides is 3. The molecule has 25 heavy (non-hydrogen) atoms. The summed E-state index contributed by atoms with van der Waals surface area (Å²) in [5.74, 6) is 0.136. The van der Waals surface area contributed by atoms with Crippen molar-refractivity contribution in [1.29, 1.82) is 0 Å². The van der Waals surface area contributed by atoms with Gasteiger partial charge in [0.1, 0.15) is 5.82 Å². The van der Waals surface area contributed by atoms with E-state index in [0.717, 1.165) is 11.1 Å². The van der Waals surface area contributed by atoms with E-state index in [9.17, 15) is 22.8 Å². The van der Waals surface area contributed by atoms with Crippen LogP contribution in [-0.4, -0.2) is 33.4 Å². The van der Waals surface area contributed by atoms with Crippen molar-refractivity contribution in [2.24, 2.45) is 0 Å². The number of anilines is 2. The van der Waals surface area contributed by atoms with Crippen molar-refractivity contribution in [3.8, 4) is 0 Å². The topological polar surface area (TPSA) is 91.8 Å². The largest absolute Gasteiger partial charge is 0.390 e. The smallest absolute Gasteiger partial charge is 0.371 e. The number of hydrogen-bond acceptors (Lipinski definition) is 4. The van der Waals surface area contributed by atoms with Crippen molar-refractivity contribution in [2.45, 2.75) is 32.0 Å². The van der Waals surface area contributed by atoms with Gasteiger partial charge in [-0.1, -0.05) is 0 Å². The van der Waals surface area contributed by atoms with Gasteiger partial charge in [0.15, 0.2) is 5.82 Å². The molecule has 1 aliphatic heterocycles. The Morgan fingerprint density at radius 3 is 2.96 bits per heavy atom. The SMILES string of the molecule is O=C(Nc1ccn(CCC(F)(F)F)n1)c1cc(=O)[nH]c2c1CCCN2. The van der Waals surface area contributed by atoms with Gasteiger partial charge in [-0.3, -0.25) is 14.3 Å². The summed E-state index contributed by atoms with van der Waals surface area (Å²) in [6.07, 6.45) is -2.45. The molecule has 0 aliphatic carbocycles. The van der Waals surface area contributed by atoms with Crippen molar-refractivity contribution < 1.29 is 18.0 Å². The zero-order valence-electron chi connectivity index (χ0n) is 13.1. The lowest BCUT2D eigenvalue weighted by Gasteiger charge is -2.19. The summed E-state index contributed by atoms with van der Waals surface area (Å²) >= 11 is 0. The van der Waals surface area contributed by atoms with Gasteiger partial charge in [-0.15, -0.1) is 0 Å². The van der Waals surface area contributed by atoms with Gasteiger partial charge in [-0.2, -0.15) is 18.3 Å². The molecular weight excluding hydrogens is 339 g/mol. The second-order valence-electron chi connectivity index (χ2n) is 5.71. The molecule has 0 fully saturated rings. The number of carbonyl (C=O) groups is 1. The number of H-pyrrole nitrogens is 1. The summed E-state index contributed by atoms with van der Waals surface area (Å²) in [5.41, 5.74) is 0.532. The number of nitrogens with one attached hydrogen (secondary N) is 3. The molecule has 0 saturated heterocycles. The van der Waals surface area contributed by atoms with Crippen LogP contribution in [0.25, 0.3) is 0 Å². The Morgan fingerprint density at radius 2 is 2.20 bits per heavy atom. The van der Waals surface area contributed by atoms with Crippen LogP contribution in [0.4, 0.5) is 24.8 Å². The molecule has 0 spiro atoms. The number of pyridine rings is 1. The van der Waals surface area contributed by atoms with Gasteiger partial charge in [0, 0.05) is 37.0 Å². The van der Waals surface area contributed by atoms with Crippen LogP contribution in [0.1, 0.15) is 28.8 Å². The van der Waals surface area contributed by atoms with E-state index in [4.69, 9.17) is 0 Å². The summed E-state index contributed by atoms with van der Waals surface area (Å²) in [4.78, 5) is 26.8. The highest BCUT2D eigenvalue weighted by molar-refractivity contribution is 6.05. The fraction of sp³-hybridized carbons (Fsp3) is 0.400. The van der Waals surface area contributed by atoms with E-state index in [0.29, 0.717) is 24.3 Å². The maximum atomic E-state index is 12.4. The first kappa shape index (κ1) is 17.1. The molecule has 134 valence electrons. The minimum Gasteiger partial charge on any atom is -0.371 e. The average molecular weight is 355 g/mol. The monoisotopic (exact) mass is 355 g/mol.